The molecule has 0 saturated carbocycles. The van der Waals surface area contributed by atoms with Crippen LogP contribution >= 0.6 is 15.2 Å². The first-order chi connectivity index (χ1) is 7.95. The summed E-state index contributed by atoms with van der Waals surface area (Å²) in [7, 11) is -10.8. The summed E-state index contributed by atoms with van der Waals surface area (Å²) in [5.74, 6) is 0.0660. The van der Waals surface area contributed by atoms with Crippen LogP contribution in [-0.2, 0) is 9.13 Å². The number of hydrogen-bond donors (Lipinski definition) is 7. The van der Waals surface area contributed by atoms with Crippen molar-refractivity contribution in [1.29, 1.82) is 5.41 Å². The minimum atomic E-state index is -5.40. The summed E-state index contributed by atoms with van der Waals surface area (Å²) in [6.07, 6.45) is 0.199. The van der Waals surface area contributed by atoms with E-state index in [2.05, 4.69) is 5.32 Å². The standard InChI is InChI=1S/C7H18N2O7P2/c1-2-3-6(8)9-5-4-7(10,17(11,12)13)18(14,15)16/h10H,2-5H2,1H3,(H2,8,9)(H2,11,12,13)(H2,14,15,16). The van der Waals surface area contributed by atoms with Gasteiger partial charge in [0.1, 0.15) is 0 Å². The predicted molar refractivity (Wildman–Crippen MR) is 64.3 cm³/mol. The van der Waals surface area contributed by atoms with Crippen molar-refractivity contribution in [3.8, 4) is 0 Å². The topological polar surface area (TPSA) is 171 Å². The molecule has 0 aliphatic rings. The van der Waals surface area contributed by atoms with E-state index in [1.165, 1.54) is 0 Å². The molecule has 0 radical (unpaired) electrons. The highest BCUT2D eigenvalue weighted by molar-refractivity contribution is 7.72. The van der Waals surface area contributed by atoms with Crippen molar-refractivity contribution >= 4 is 21.0 Å². The molecule has 0 fully saturated rings. The second-order valence-electron chi connectivity index (χ2n) is 3.77. The third kappa shape index (κ3) is 4.44. The Bertz CT molecular complexity index is 365. The zero-order valence-electron chi connectivity index (χ0n) is 9.78. The van der Waals surface area contributed by atoms with Gasteiger partial charge in [0.25, 0.3) is 5.08 Å². The summed E-state index contributed by atoms with van der Waals surface area (Å²) in [6, 6.07) is 0. The third-order valence-electron chi connectivity index (χ3n) is 2.23. The first-order valence-corrected chi connectivity index (χ1v) is 8.33. The Labute approximate surface area is 104 Å². The van der Waals surface area contributed by atoms with Crippen LogP contribution < -0.4 is 5.32 Å². The largest absolute Gasteiger partial charge is 0.374 e. The first kappa shape index (κ1) is 17.7. The third-order valence-corrected chi connectivity index (χ3v) is 6.11. The van der Waals surface area contributed by atoms with Gasteiger partial charge in [0.05, 0.1) is 5.84 Å². The van der Waals surface area contributed by atoms with Crippen molar-refractivity contribution in [2.24, 2.45) is 0 Å². The molecular weight excluding hydrogens is 286 g/mol. The fraction of sp³-hybridized carbons (Fsp3) is 0.857. The highest BCUT2D eigenvalue weighted by Crippen LogP contribution is 2.68. The maximum absolute atomic E-state index is 11.0. The van der Waals surface area contributed by atoms with E-state index in [-0.39, 0.29) is 12.4 Å². The summed E-state index contributed by atoms with van der Waals surface area (Å²) in [5.41, 5.74) is 0. The molecular formula is C7H18N2O7P2. The molecule has 0 saturated heterocycles. The van der Waals surface area contributed by atoms with E-state index in [0.29, 0.717) is 12.8 Å². The average Bonchev–Trinajstić information content (AvgIpc) is 2.14. The van der Waals surface area contributed by atoms with E-state index < -0.39 is 26.7 Å². The van der Waals surface area contributed by atoms with Gasteiger partial charge in [0.15, 0.2) is 0 Å². The van der Waals surface area contributed by atoms with Gasteiger partial charge in [0.2, 0.25) is 0 Å². The Morgan fingerprint density at radius 3 is 2.00 bits per heavy atom. The van der Waals surface area contributed by atoms with Crippen molar-refractivity contribution in [2.75, 3.05) is 6.54 Å². The van der Waals surface area contributed by atoms with Gasteiger partial charge in [-0.2, -0.15) is 0 Å². The zero-order chi connectivity index (χ0) is 14.6. The molecule has 108 valence electrons. The number of nitrogens with one attached hydrogen (secondary N) is 2. The smallest absolute Gasteiger partial charge is 0.369 e. The van der Waals surface area contributed by atoms with Crippen LogP contribution in [0, 0.1) is 5.41 Å². The van der Waals surface area contributed by atoms with Crippen molar-refractivity contribution in [3.63, 3.8) is 0 Å². The highest BCUT2D eigenvalue weighted by Gasteiger charge is 2.58. The van der Waals surface area contributed by atoms with Gasteiger partial charge in [-0.05, 0) is 6.42 Å². The SMILES string of the molecule is CCCC(=N)NCCC(O)(P(=O)(O)O)P(=O)(O)O. The molecule has 0 aromatic rings. The lowest BCUT2D eigenvalue weighted by Crippen LogP contribution is -2.34. The monoisotopic (exact) mass is 304 g/mol. The Morgan fingerprint density at radius 1 is 1.22 bits per heavy atom. The lowest BCUT2D eigenvalue weighted by molar-refractivity contribution is 0.124. The summed E-state index contributed by atoms with van der Waals surface area (Å²) in [4.78, 5) is 35.3. The van der Waals surface area contributed by atoms with E-state index in [9.17, 15) is 14.2 Å². The molecule has 7 N–H and O–H groups in total. The van der Waals surface area contributed by atoms with Crippen molar-refractivity contribution < 1.29 is 33.8 Å². The van der Waals surface area contributed by atoms with Gasteiger partial charge in [-0.3, -0.25) is 14.5 Å². The van der Waals surface area contributed by atoms with Crippen LogP contribution in [-0.4, -0.2) is 42.1 Å². The quantitative estimate of drug-likeness (QED) is 0.191. The predicted octanol–water partition coefficient (Wildman–Crippen LogP) is -0.255. The summed E-state index contributed by atoms with van der Waals surface area (Å²) in [5, 5.41) is 15.8. The summed E-state index contributed by atoms with van der Waals surface area (Å²) < 4.78 is 21.9. The second kappa shape index (κ2) is 6.25. The Kier molecular flexibility index (Phi) is 6.16. The molecule has 0 spiro atoms. The Morgan fingerprint density at radius 2 is 1.67 bits per heavy atom. The average molecular weight is 304 g/mol. The van der Waals surface area contributed by atoms with Crippen LogP contribution in [0.1, 0.15) is 26.2 Å². The maximum atomic E-state index is 11.0. The van der Waals surface area contributed by atoms with Gasteiger partial charge in [-0.25, -0.2) is 0 Å². The van der Waals surface area contributed by atoms with Crippen LogP contribution in [0.2, 0.25) is 0 Å². The normalized spacial score (nSPS) is 13.4. The molecule has 0 unspecified atom stereocenters. The van der Waals surface area contributed by atoms with Gasteiger partial charge < -0.3 is 30.0 Å². The van der Waals surface area contributed by atoms with Crippen LogP contribution in [0.5, 0.6) is 0 Å². The van der Waals surface area contributed by atoms with Gasteiger partial charge in [-0.1, -0.05) is 6.92 Å². The molecule has 0 aliphatic carbocycles. The van der Waals surface area contributed by atoms with Crippen LogP contribution in [0.4, 0.5) is 0 Å². The summed E-state index contributed by atoms with van der Waals surface area (Å²) >= 11 is 0. The minimum Gasteiger partial charge on any atom is -0.374 e. The van der Waals surface area contributed by atoms with Crippen LogP contribution in [0.3, 0.4) is 0 Å². The van der Waals surface area contributed by atoms with Gasteiger partial charge >= 0.3 is 15.2 Å². The van der Waals surface area contributed by atoms with E-state index in [0.717, 1.165) is 0 Å². The Balaban J connectivity index is 4.72. The Hall–Kier alpha value is -0.270. The van der Waals surface area contributed by atoms with E-state index in [4.69, 9.17) is 25.0 Å². The molecule has 11 heteroatoms. The van der Waals surface area contributed by atoms with Crippen molar-refractivity contribution in [3.05, 3.63) is 0 Å². The molecule has 0 amide bonds. The molecule has 0 aliphatic heterocycles. The maximum Gasteiger partial charge on any atom is 0.369 e. The second-order valence-corrected chi connectivity index (χ2v) is 7.78. The lowest BCUT2D eigenvalue weighted by atomic mass is 10.3. The lowest BCUT2D eigenvalue weighted by Gasteiger charge is -2.29. The molecule has 0 rings (SSSR count). The number of aliphatic hydroxyl groups is 1. The van der Waals surface area contributed by atoms with Gasteiger partial charge in [-0.15, -0.1) is 0 Å². The molecule has 18 heavy (non-hydrogen) atoms. The van der Waals surface area contributed by atoms with Crippen molar-refractivity contribution in [2.45, 2.75) is 31.3 Å². The van der Waals surface area contributed by atoms with Crippen molar-refractivity contribution in [1.82, 2.24) is 5.32 Å². The molecule has 0 aromatic heterocycles. The summed E-state index contributed by atoms with van der Waals surface area (Å²) in [6.45, 7) is 1.49. The molecule has 0 aromatic carbocycles. The van der Waals surface area contributed by atoms with E-state index in [1.54, 1.807) is 0 Å². The zero-order valence-corrected chi connectivity index (χ0v) is 11.6. The fourth-order valence-electron chi connectivity index (χ4n) is 1.18. The van der Waals surface area contributed by atoms with E-state index in [1.807, 2.05) is 6.92 Å². The molecule has 0 heterocycles. The van der Waals surface area contributed by atoms with Crippen LogP contribution in [0.15, 0.2) is 0 Å². The highest BCUT2D eigenvalue weighted by atomic mass is 31.2. The van der Waals surface area contributed by atoms with Gasteiger partial charge in [0, 0.05) is 19.4 Å². The first-order valence-electron chi connectivity index (χ1n) is 5.10. The minimum absolute atomic E-state index is 0.0660. The van der Waals surface area contributed by atoms with Crippen LogP contribution in [0.25, 0.3) is 0 Å². The molecule has 0 atom stereocenters. The van der Waals surface area contributed by atoms with E-state index >= 15 is 0 Å². The molecule has 0 bridgehead atoms. The molecule has 9 nitrogen and oxygen atoms in total. The number of rotatable bonds is 7. The number of hydrogen-bond acceptors (Lipinski definition) is 4. The fourth-order valence-corrected chi connectivity index (χ4v) is 3.34. The number of amidine groups is 1.